The summed E-state index contributed by atoms with van der Waals surface area (Å²) < 4.78 is 5.74. The van der Waals surface area contributed by atoms with Crippen LogP contribution in [0.2, 0.25) is 0 Å². The molecule has 9 heteroatoms. The summed E-state index contributed by atoms with van der Waals surface area (Å²) in [7, 11) is 0. The summed E-state index contributed by atoms with van der Waals surface area (Å²) in [6, 6.07) is 20.9. The van der Waals surface area contributed by atoms with Crippen LogP contribution >= 0.6 is 0 Å². The third kappa shape index (κ3) is 4.12. The van der Waals surface area contributed by atoms with Gasteiger partial charge in [0.25, 0.3) is 11.4 Å². The van der Waals surface area contributed by atoms with E-state index < -0.39 is 33.3 Å². The molecule has 0 saturated heterocycles. The molecular weight excluding hydrogens is 414 g/mol. The van der Waals surface area contributed by atoms with Gasteiger partial charge in [-0.25, -0.2) is 4.79 Å². The molecule has 0 spiro atoms. The second-order valence-electron chi connectivity index (χ2n) is 6.87. The lowest BCUT2D eigenvalue weighted by atomic mass is 10.0. The Morgan fingerprint density at radius 3 is 2.12 bits per heavy atom. The second kappa shape index (κ2) is 8.60. The van der Waals surface area contributed by atoms with Gasteiger partial charge in [0.15, 0.2) is 6.10 Å². The van der Waals surface area contributed by atoms with Gasteiger partial charge in [-0.05, 0) is 17.0 Å². The predicted molar refractivity (Wildman–Crippen MR) is 115 cm³/mol. The number of rotatable bonds is 6. The zero-order valence-electron chi connectivity index (χ0n) is 16.5. The lowest BCUT2D eigenvalue weighted by Crippen LogP contribution is -2.15. The van der Waals surface area contributed by atoms with Gasteiger partial charge < -0.3 is 4.74 Å². The first-order valence-electron chi connectivity index (χ1n) is 9.47. The summed E-state index contributed by atoms with van der Waals surface area (Å²) >= 11 is 0. The number of aromatic nitrogens is 1. The van der Waals surface area contributed by atoms with E-state index in [1.165, 1.54) is 0 Å². The molecule has 4 aromatic rings. The lowest BCUT2D eigenvalue weighted by Gasteiger charge is -2.19. The zero-order valence-corrected chi connectivity index (χ0v) is 16.5. The number of nitro groups is 2. The first-order chi connectivity index (χ1) is 15.4. The van der Waals surface area contributed by atoms with E-state index in [2.05, 4.69) is 4.98 Å². The van der Waals surface area contributed by atoms with Gasteiger partial charge in [0.2, 0.25) is 0 Å². The number of benzene rings is 3. The molecule has 1 unspecified atom stereocenters. The molecule has 0 radical (unpaired) electrons. The Morgan fingerprint density at radius 1 is 0.844 bits per heavy atom. The van der Waals surface area contributed by atoms with E-state index in [9.17, 15) is 25.0 Å². The number of hydrogen-bond acceptors (Lipinski definition) is 7. The van der Waals surface area contributed by atoms with E-state index in [1.54, 1.807) is 30.5 Å². The van der Waals surface area contributed by atoms with Gasteiger partial charge in [0, 0.05) is 23.7 Å². The number of pyridine rings is 1. The SMILES string of the molecule is O=C(OC(c1ccccc1)c1nccc2ccccc12)c1cc([N+](=O)[O-])cc([N+](=O)[O-])c1. The van der Waals surface area contributed by atoms with E-state index in [0.717, 1.165) is 29.0 Å². The number of non-ortho nitro benzene ring substituents is 2. The average Bonchev–Trinajstić information content (AvgIpc) is 2.82. The maximum atomic E-state index is 13.0. The highest BCUT2D eigenvalue weighted by Gasteiger charge is 2.26. The Morgan fingerprint density at radius 2 is 1.47 bits per heavy atom. The summed E-state index contributed by atoms with van der Waals surface area (Å²) in [5.74, 6) is -0.944. The lowest BCUT2D eigenvalue weighted by molar-refractivity contribution is -0.394. The minimum Gasteiger partial charge on any atom is -0.447 e. The van der Waals surface area contributed by atoms with E-state index in [1.807, 2.05) is 36.4 Å². The second-order valence-corrected chi connectivity index (χ2v) is 6.87. The number of nitrogens with zero attached hydrogens (tertiary/aromatic N) is 3. The highest BCUT2D eigenvalue weighted by Crippen LogP contribution is 2.32. The van der Waals surface area contributed by atoms with Crippen LogP contribution in [0.5, 0.6) is 0 Å². The first-order valence-corrected chi connectivity index (χ1v) is 9.47. The monoisotopic (exact) mass is 429 g/mol. The zero-order chi connectivity index (χ0) is 22.7. The van der Waals surface area contributed by atoms with Gasteiger partial charge in [0.05, 0.1) is 27.2 Å². The van der Waals surface area contributed by atoms with Crippen LogP contribution in [-0.4, -0.2) is 20.8 Å². The van der Waals surface area contributed by atoms with Crippen molar-refractivity contribution in [3.8, 4) is 0 Å². The molecule has 32 heavy (non-hydrogen) atoms. The molecule has 0 bridgehead atoms. The van der Waals surface area contributed by atoms with Crippen molar-refractivity contribution in [2.45, 2.75) is 6.10 Å². The summed E-state index contributed by atoms with van der Waals surface area (Å²) in [5.41, 5.74) is -0.351. The number of nitro benzene ring substituents is 2. The fraction of sp³-hybridized carbons (Fsp3) is 0.0435. The van der Waals surface area contributed by atoms with E-state index in [0.29, 0.717) is 11.3 Å². The quantitative estimate of drug-likeness (QED) is 0.240. The minimum absolute atomic E-state index is 0.299. The van der Waals surface area contributed by atoms with E-state index >= 15 is 0 Å². The Balaban J connectivity index is 1.80. The van der Waals surface area contributed by atoms with Crippen molar-refractivity contribution in [1.29, 1.82) is 0 Å². The minimum atomic E-state index is -0.944. The molecule has 0 fully saturated rings. The van der Waals surface area contributed by atoms with Gasteiger partial charge >= 0.3 is 5.97 Å². The van der Waals surface area contributed by atoms with E-state index in [-0.39, 0.29) is 5.56 Å². The molecule has 9 nitrogen and oxygen atoms in total. The van der Waals surface area contributed by atoms with E-state index in [4.69, 9.17) is 4.74 Å². The third-order valence-corrected chi connectivity index (χ3v) is 4.84. The number of esters is 1. The smallest absolute Gasteiger partial charge is 0.339 e. The van der Waals surface area contributed by atoms with Crippen LogP contribution < -0.4 is 0 Å². The van der Waals surface area contributed by atoms with Crippen LogP contribution in [0.15, 0.2) is 85.1 Å². The normalized spacial score (nSPS) is 11.6. The molecule has 1 atom stereocenters. The topological polar surface area (TPSA) is 125 Å². The summed E-state index contributed by atoms with van der Waals surface area (Å²) in [6.45, 7) is 0. The Bertz CT molecular complexity index is 1300. The van der Waals surface area contributed by atoms with Crippen molar-refractivity contribution in [3.05, 3.63) is 122 Å². The number of carbonyl (C=O) groups excluding carboxylic acids is 1. The number of fused-ring (bicyclic) bond motifs is 1. The molecule has 3 aromatic carbocycles. The summed E-state index contributed by atoms with van der Waals surface area (Å²) in [4.78, 5) is 38.2. The number of hydrogen-bond donors (Lipinski definition) is 0. The highest BCUT2D eigenvalue weighted by atomic mass is 16.6. The van der Waals surface area contributed by atoms with Gasteiger partial charge in [-0.1, -0.05) is 54.6 Å². The third-order valence-electron chi connectivity index (χ3n) is 4.84. The van der Waals surface area contributed by atoms with Crippen LogP contribution in [0.4, 0.5) is 11.4 Å². The molecule has 158 valence electrons. The molecule has 0 N–H and O–H groups in total. The molecule has 0 aliphatic heterocycles. The van der Waals surface area contributed by atoms with Crippen molar-refractivity contribution in [3.63, 3.8) is 0 Å². The van der Waals surface area contributed by atoms with Crippen molar-refractivity contribution < 1.29 is 19.4 Å². The Kier molecular flexibility index (Phi) is 5.54. The predicted octanol–water partition coefficient (Wildman–Crippen LogP) is 5.00. The maximum Gasteiger partial charge on any atom is 0.339 e. The van der Waals surface area contributed by atoms with Gasteiger partial charge in [-0.3, -0.25) is 25.2 Å². The molecule has 0 saturated carbocycles. The van der Waals surface area contributed by atoms with Gasteiger partial charge in [-0.15, -0.1) is 0 Å². The molecule has 1 heterocycles. The molecule has 4 rings (SSSR count). The number of ether oxygens (including phenoxy) is 1. The molecular formula is C23H15N3O6. The Hall–Kier alpha value is -4.66. The fourth-order valence-corrected chi connectivity index (χ4v) is 3.36. The number of carbonyl (C=O) groups is 1. The van der Waals surface area contributed by atoms with Crippen LogP contribution in [-0.2, 0) is 4.74 Å². The van der Waals surface area contributed by atoms with Crippen molar-refractivity contribution in [1.82, 2.24) is 4.98 Å². The standard InChI is InChI=1S/C23H15N3O6/c27-23(17-12-18(25(28)29)14-19(13-17)26(30)31)32-22(16-7-2-1-3-8-16)21-20-9-5-4-6-15(20)10-11-24-21/h1-14,22H. The summed E-state index contributed by atoms with van der Waals surface area (Å²) in [5, 5.41) is 24.0. The highest BCUT2D eigenvalue weighted by molar-refractivity contribution is 5.92. The van der Waals surface area contributed by atoms with Crippen molar-refractivity contribution in [2.24, 2.45) is 0 Å². The van der Waals surface area contributed by atoms with Gasteiger partial charge in [-0.2, -0.15) is 0 Å². The van der Waals surface area contributed by atoms with Crippen LogP contribution in [0.25, 0.3) is 10.8 Å². The molecule has 1 aromatic heterocycles. The first kappa shape index (κ1) is 20.6. The van der Waals surface area contributed by atoms with Crippen LogP contribution in [0.3, 0.4) is 0 Å². The van der Waals surface area contributed by atoms with Crippen LogP contribution in [0, 0.1) is 20.2 Å². The molecule has 0 aliphatic carbocycles. The van der Waals surface area contributed by atoms with Gasteiger partial charge in [0.1, 0.15) is 0 Å². The fourth-order valence-electron chi connectivity index (χ4n) is 3.36. The summed E-state index contributed by atoms with van der Waals surface area (Å²) in [6.07, 6.45) is 0.660. The largest absolute Gasteiger partial charge is 0.447 e. The van der Waals surface area contributed by atoms with Crippen molar-refractivity contribution >= 4 is 28.1 Å². The molecule has 0 aliphatic rings. The van der Waals surface area contributed by atoms with Crippen LogP contribution in [0.1, 0.15) is 27.7 Å². The maximum absolute atomic E-state index is 13.0. The molecule has 0 amide bonds. The van der Waals surface area contributed by atoms with Crippen molar-refractivity contribution in [2.75, 3.05) is 0 Å². The Labute approximate surface area is 181 Å². The average molecular weight is 429 g/mol.